The highest BCUT2D eigenvalue weighted by molar-refractivity contribution is 7.19. The van der Waals surface area contributed by atoms with Gasteiger partial charge in [0.15, 0.2) is 5.13 Å². The fraction of sp³-hybridized carbons (Fsp3) is 0. The zero-order valence-corrected chi connectivity index (χ0v) is 16.9. The molecular weight excluding hydrogens is 411 g/mol. The maximum Gasteiger partial charge on any atom is 0.258 e. The van der Waals surface area contributed by atoms with Gasteiger partial charge in [-0.2, -0.15) is 0 Å². The van der Waals surface area contributed by atoms with Crippen molar-refractivity contribution in [3.63, 3.8) is 0 Å². The first-order valence-electron chi connectivity index (χ1n) is 8.50. The molecule has 0 fully saturated rings. The quantitative estimate of drug-likeness (QED) is 0.381. The van der Waals surface area contributed by atoms with Gasteiger partial charge >= 0.3 is 0 Å². The minimum Gasteiger partial charge on any atom is -0.298 e. The smallest absolute Gasteiger partial charge is 0.258 e. The molecule has 6 heteroatoms. The topological polar surface area (TPSA) is 42.0 Å². The number of hydrogen-bond donors (Lipinski definition) is 1. The maximum atomic E-state index is 12.6. The number of thiazole rings is 1. The fourth-order valence-electron chi connectivity index (χ4n) is 2.77. The first kappa shape index (κ1) is 18.7. The van der Waals surface area contributed by atoms with E-state index >= 15 is 0 Å². The third-order valence-corrected chi connectivity index (χ3v) is 5.72. The molecule has 0 aliphatic carbocycles. The lowest BCUT2D eigenvalue weighted by Gasteiger charge is -2.03. The van der Waals surface area contributed by atoms with Crippen LogP contribution in [0.5, 0.6) is 0 Å². The first-order valence-corrected chi connectivity index (χ1v) is 10.1. The van der Waals surface area contributed by atoms with Crippen LogP contribution in [-0.4, -0.2) is 10.9 Å². The lowest BCUT2D eigenvalue weighted by molar-refractivity contribution is 0.102. The summed E-state index contributed by atoms with van der Waals surface area (Å²) in [4.78, 5) is 18.3. The van der Waals surface area contributed by atoms with Crippen molar-refractivity contribution < 1.29 is 4.79 Å². The highest BCUT2D eigenvalue weighted by Gasteiger charge is 2.18. The minimum absolute atomic E-state index is 0.290. The molecule has 0 bridgehead atoms. The van der Waals surface area contributed by atoms with Gasteiger partial charge in [0.05, 0.1) is 21.2 Å². The number of rotatable bonds is 4. The Labute approximate surface area is 176 Å². The Kier molecular flexibility index (Phi) is 5.44. The Bertz CT molecular complexity index is 1130. The van der Waals surface area contributed by atoms with Gasteiger partial charge in [-0.15, -0.1) is 0 Å². The Morgan fingerprint density at radius 1 is 0.821 bits per heavy atom. The molecule has 0 saturated heterocycles. The van der Waals surface area contributed by atoms with E-state index < -0.39 is 0 Å². The van der Waals surface area contributed by atoms with Gasteiger partial charge in [0.2, 0.25) is 0 Å². The summed E-state index contributed by atoms with van der Waals surface area (Å²) in [5.41, 5.74) is 3.18. The van der Waals surface area contributed by atoms with Crippen molar-refractivity contribution in [2.24, 2.45) is 0 Å². The van der Waals surface area contributed by atoms with E-state index in [1.165, 1.54) is 11.3 Å². The highest BCUT2D eigenvalue weighted by atomic mass is 35.5. The molecule has 0 saturated carbocycles. The Hall–Kier alpha value is -2.66. The Morgan fingerprint density at radius 3 is 2.21 bits per heavy atom. The molecule has 0 spiro atoms. The number of benzene rings is 3. The van der Waals surface area contributed by atoms with Crippen molar-refractivity contribution in [2.45, 2.75) is 0 Å². The summed E-state index contributed by atoms with van der Waals surface area (Å²) >= 11 is 13.6. The van der Waals surface area contributed by atoms with E-state index in [2.05, 4.69) is 10.3 Å². The molecular formula is C22H14Cl2N2OS. The van der Waals surface area contributed by atoms with Crippen LogP contribution in [0.15, 0.2) is 78.9 Å². The molecule has 1 aromatic heterocycles. The number of nitrogens with one attached hydrogen (secondary N) is 1. The van der Waals surface area contributed by atoms with Crippen LogP contribution >= 0.6 is 34.5 Å². The normalized spacial score (nSPS) is 10.6. The third-order valence-electron chi connectivity index (χ3n) is 4.12. The number of halogens is 2. The van der Waals surface area contributed by atoms with E-state index in [0.717, 1.165) is 21.7 Å². The van der Waals surface area contributed by atoms with Crippen LogP contribution in [0, 0.1) is 0 Å². The predicted octanol–water partition coefficient (Wildman–Crippen LogP) is 7.04. The number of amides is 1. The molecule has 3 nitrogen and oxygen atoms in total. The molecule has 4 rings (SSSR count). The lowest BCUT2D eigenvalue weighted by Crippen LogP contribution is -2.12. The highest BCUT2D eigenvalue weighted by Crippen LogP contribution is 2.39. The van der Waals surface area contributed by atoms with Crippen LogP contribution in [0.3, 0.4) is 0 Å². The lowest BCUT2D eigenvalue weighted by atomic mass is 10.1. The molecule has 3 aromatic carbocycles. The van der Waals surface area contributed by atoms with Gasteiger partial charge in [-0.3, -0.25) is 10.1 Å². The standard InChI is InChI=1S/C22H14Cl2N2OS/c23-16-12-10-15(11-13-16)20-19(14-6-2-1-3-7-14)25-22(28-20)26-21(27)17-8-4-5-9-18(17)24/h1-13H,(H,25,26,27). The van der Waals surface area contributed by atoms with Gasteiger partial charge in [-0.1, -0.05) is 89.1 Å². The summed E-state index contributed by atoms with van der Waals surface area (Å²) < 4.78 is 0. The van der Waals surface area contributed by atoms with Crippen LogP contribution < -0.4 is 5.32 Å². The number of carbonyl (C=O) groups is 1. The molecule has 0 aliphatic heterocycles. The van der Waals surface area contributed by atoms with E-state index in [9.17, 15) is 4.79 Å². The Balaban J connectivity index is 1.74. The maximum absolute atomic E-state index is 12.6. The Morgan fingerprint density at radius 2 is 1.50 bits per heavy atom. The second-order valence-corrected chi connectivity index (χ2v) is 7.85. The molecule has 0 atom stereocenters. The van der Waals surface area contributed by atoms with E-state index in [1.54, 1.807) is 24.3 Å². The van der Waals surface area contributed by atoms with Gasteiger partial charge in [0.25, 0.3) is 5.91 Å². The van der Waals surface area contributed by atoms with Crippen LogP contribution in [0.4, 0.5) is 5.13 Å². The van der Waals surface area contributed by atoms with Gasteiger partial charge in [-0.05, 0) is 29.8 Å². The average Bonchev–Trinajstić information content (AvgIpc) is 3.13. The molecule has 0 aliphatic rings. The van der Waals surface area contributed by atoms with E-state index in [-0.39, 0.29) is 5.91 Å². The zero-order chi connectivity index (χ0) is 19.5. The molecule has 28 heavy (non-hydrogen) atoms. The summed E-state index contributed by atoms with van der Waals surface area (Å²) in [5.74, 6) is -0.290. The summed E-state index contributed by atoms with van der Waals surface area (Å²) in [7, 11) is 0. The molecule has 0 radical (unpaired) electrons. The van der Waals surface area contributed by atoms with Crippen molar-refractivity contribution in [3.8, 4) is 21.7 Å². The van der Waals surface area contributed by atoms with Crippen molar-refractivity contribution in [1.82, 2.24) is 4.98 Å². The molecule has 138 valence electrons. The largest absolute Gasteiger partial charge is 0.298 e. The molecule has 1 amide bonds. The van der Waals surface area contributed by atoms with Crippen molar-refractivity contribution >= 4 is 45.6 Å². The first-order chi connectivity index (χ1) is 13.6. The average molecular weight is 425 g/mol. The summed E-state index contributed by atoms with van der Waals surface area (Å²) in [5, 5.41) is 4.45. The second kappa shape index (κ2) is 8.15. The molecule has 0 unspecified atom stereocenters. The van der Waals surface area contributed by atoms with E-state index in [1.807, 2.05) is 54.6 Å². The van der Waals surface area contributed by atoms with Gasteiger partial charge < -0.3 is 0 Å². The number of nitrogens with zero attached hydrogens (tertiary/aromatic N) is 1. The SMILES string of the molecule is O=C(Nc1nc(-c2ccccc2)c(-c2ccc(Cl)cc2)s1)c1ccccc1Cl. The molecule has 4 aromatic rings. The van der Waals surface area contributed by atoms with E-state index in [0.29, 0.717) is 20.7 Å². The van der Waals surface area contributed by atoms with Gasteiger partial charge in [0, 0.05) is 10.6 Å². The summed E-state index contributed by atoms with van der Waals surface area (Å²) in [6.45, 7) is 0. The fourth-order valence-corrected chi connectivity index (χ4v) is 4.11. The van der Waals surface area contributed by atoms with Crippen LogP contribution in [0.1, 0.15) is 10.4 Å². The summed E-state index contributed by atoms with van der Waals surface area (Å²) in [6.07, 6.45) is 0. The minimum atomic E-state index is -0.290. The van der Waals surface area contributed by atoms with Crippen molar-refractivity contribution in [1.29, 1.82) is 0 Å². The van der Waals surface area contributed by atoms with Crippen LogP contribution in [-0.2, 0) is 0 Å². The van der Waals surface area contributed by atoms with Gasteiger partial charge in [-0.25, -0.2) is 4.98 Å². The number of aromatic nitrogens is 1. The van der Waals surface area contributed by atoms with Crippen molar-refractivity contribution in [2.75, 3.05) is 5.32 Å². The summed E-state index contributed by atoms with van der Waals surface area (Å²) in [6, 6.07) is 24.4. The van der Waals surface area contributed by atoms with Gasteiger partial charge in [0.1, 0.15) is 0 Å². The third kappa shape index (κ3) is 3.94. The second-order valence-electron chi connectivity index (χ2n) is 6.00. The van der Waals surface area contributed by atoms with Crippen LogP contribution in [0.2, 0.25) is 10.0 Å². The molecule has 1 heterocycles. The van der Waals surface area contributed by atoms with E-state index in [4.69, 9.17) is 23.2 Å². The number of anilines is 1. The monoisotopic (exact) mass is 424 g/mol. The predicted molar refractivity (Wildman–Crippen MR) is 117 cm³/mol. The zero-order valence-electron chi connectivity index (χ0n) is 14.5. The molecule has 1 N–H and O–H groups in total. The van der Waals surface area contributed by atoms with Crippen LogP contribution in [0.25, 0.3) is 21.7 Å². The number of carbonyl (C=O) groups excluding carboxylic acids is 1. The van der Waals surface area contributed by atoms with Crippen molar-refractivity contribution in [3.05, 3.63) is 94.5 Å². The number of hydrogen-bond acceptors (Lipinski definition) is 3.